The van der Waals surface area contributed by atoms with Gasteiger partial charge >= 0.3 is 0 Å². The molecule has 0 aliphatic heterocycles. The van der Waals surface area contributed by atoms with E-state index in [-0.39, 0.29) is 17.6 Å². The molecular formula is C29H30N4O. The standard InChI is InChI=1S/C29H30N4O/c1-19-15-17-25(28(30-19)32-23-11-7-5-8-12-23)21(3)27(34)22(4)26-18-16-20(2)31-29(26)33-24-13-9-6-10-14-24/h5-18,21-22H,1-4H3,(H,30,32)(H,31,33). The van der Waals surface area contributed by atoms with Crippen LogP contribution in [0.3, 0.4) is 0 Å². The number of nitrogens with one attached hydrogen (secondary N) is 2. The number of hydrogen-bond acceptors (Lipinski definition) is 5. The van der Waals surface area contributed by atoms with Crippen molar-refractivity contribution < 1.29 is 4.79 Å². The van der Waals surface area contributed by atoms with Gasteiger partial charge in [-0.25, -0.2) is 9.97 Å². The third-order valence-electron chi connectivity index (χ3n) is 5.99. The van der Waals surface area contributed by atoms with Gasteiger partial charge in [0.2, 0.25) is 0 Å². The number of carbonyl (C=O) groups excluding carboxylic acids is 1. The molecule has 2 aromatic carbocycles. The average Bonchev–Trinajstić information content (AvgIpc) is 2.84. The third-order valence-corrected chi connectivity index (χ3v) is 5.99. The van der Waals surface area contributed by atoms with E-state index in [0.29, 0.717) is 11.6 Å². The highest BCUT2D eigenvalue weighted by molar-refractivity contribution is 5.93. The number of rotatable bonds is 8. The van der Waals surface area contributed by atoms with Gasteiger partial charge in [-0.1, -0.05) is 62.4 Å². The largest absolute Gasteiger partial charge is 0.340 e. The van der Waals surface area contributed by atoms with Crippen LogP contribution in [-0.2, 0) is 4.79 Å². The Balaban J connectivity index is 1.63. The van der Waals surface area contributed by atoms with Crippen molar-refractivity contribution in [2.24, 2.45) is 0 Å². The highest BCUT2D eigenvalue weighted by atomic mass is 16.1. The Bertz CT molecular complexity index is 1170. The minimum Gasteiger partial charge on any atom is -0.340 e. The zero-order chi connectivity index (χ0) is 24.1. The summed E-state index contributed by atoms with van der Waals surface area (Å²) >= 11 is 0. The molecule has 2 N–H and O–H groups in total. The Kier molecular flexibility index (Phi) is 7.02. The van der Waals surface area contributed by atoms with Crippen LogP contribution in [0, 0.1) is 13.8 Å². The topological polar surface area (TPSA) is 66.9 Å². The number of aryl methyl sites for hydroxylation is 2. The van der Waals surface area contributed by atoms with Crippen LogP contribution in [-0.4, -0.2) is 15.8 Å². The molecule has 0 bridgehead atoms. The number of anilines is 4. The number of nitrogens with zero attached hydrogens (tertiary/aromatic N) is 2. The first-order valence-corrected chi connectivity index (χ1v) is 11.6. The Morgan fingerprint density at radius 2 is 1.00 bits per heavy atom. The summed E-state index contributed by atoms with van der Waals surface area (Å²) in [5.41, 5.74) is 5.42. The number of para-hydroxylation sites is 2. The van der Waals surface area contributed by atoms with Crippen LogP contribution >= 0.6 is 0 Å². The van der Waals surface area contributed by atoms with Crippen LogP contribution in [0.25, 0.3) is 0 Å². The fourth-order valence-corrected chi connectivity index (χ4v) is 4.03. The van der Waals surface area contributed by atoms with Crippen LogP contribution in [0.15, 0.2) is 84.9 Å². The monoisotopic (exact) mass is 450 g/mol. The SMILES string of the molecule is Cc1ccc(C(C)C(=O)C(C)c2ccc(C)nc2Nc2ccccc2)c(Nc2ccccc2)n1. The molecule has 0 radical (unpaired) electrons. The molecule has 0 aliphatic carbocycles. The first-order valence-electron chi connectivity index (χ1n) is 11.6. The van der Waals surface area contributed by atoms with Crippen molar-refractivity contribution in [3.05, 3.63) is 107 Å². The van der Waals surface area contributed by atoms with Gasteiger partial charge in [0, 0.05) is 45.7 Å². The van der Waals surface area contributed by atoms with Gasteiger partial charge in [0.1, 0.15) is 17.4 Å². The molecule has 0 saturated heterocycles. The molecule has 2 unspecified atom stereocenters. The van der Waals surface area contributed by atoms with E-state index in [1.165, 1.54) is 0 Å². The predicted molar refractivity (Wildman–Crippen MR) is 139 cm³/mol. The molecule has 34 heavy (non-hydrogen) atoms. The van der Waals surface area contributed by atoms with Gasteiger partial charge in [-0.2, -0.15) is 0 Å². The molecule has 0 spiro atoms. The van der Waals surface area contributed by atoms with E-state index in [9.17, 15) is 4.79 Å². The Morgan fingerprint density at radius 1 is 0.618 bits per heavy atom. The van der Waals surface area contributed by atoms with Crippen molar-refractivity contribution in [1.82, 2.24) is 9.97 Å². The van der Waals surface area contributed by atoms with Gasteiger partial charge in [-0.05, 0) is 50.2 Å². The van der Waals surface area contributed by atoms with E-state index in [1.54, 1.807) is 0 Å². The number of Topliss-reactive ketones (excluding diaryl/α,β-unsaturated/α-hetero) is 1. The summed E-state index contributed by atoms with van der Waals surface area (Å²) in [5, 5.41) is 6.78. The lowest BCUT2D eigenvalue weighted by molar-refractivity contribution is -0.121. The molecule has 4 rings (SSSR count). The summed E-state index contributed by atoms with van der Waals surface area (Å²) in [6.07, 6.45) is 0. The Labute approximate surface area is 201 Å². The molecule has 0 saturated carbocycles. The maximum absolute atomic E-state index is 13.7. The fourth-order valence-electron chi connectivity index (χ4n) is 4.03. The summed E-state index contributed by atoms with van der Waals surface area (Å²) in [4.78, 5) is 23.1. The zero-order valence-electron chi connectivity index (χ0n) is 20.0. The lowest BCUT2D eigenvalue weighted by Crippen LogP contribution is -2.19. The number of hydrogen-bond donors (Lipinski definition) is 2. The summed E-state index contributed by atoms with van der Waals surface area (Å²) < 4.78 is 0. The number of carbonyl (C=O) groups is 1. The van der Waals surface area contributed by atoms with Gasteiger partial charge in [-0.15, -0.1) is 0 Å². The van der Waals surface area contributed by atoms with Gasteiger partial charge < -0.3 is 10.6 Å². The molecule has 5 heteroatoms. The maximum Gasteiger partial charge on any atom is 0.147 e. The Morgan fingerprint density at radius 3 is 1.38 bits per heavy atom. The summed E-state index contributed by atoms with van der Waals surface area (Å²) in [7, 11) is 0. The van der Waals surface area contributed by atoms with Crippen molar-refractivity contribution >= 4 is 28.8 Å². The second-order valence-electron chi connectivity index (χ2n) is 8.61. The van der Waals surface area contributed by atoms with E-state index < -0.39 is 0 Å². The van der Waals surface area contributed by atoms with E-state index in [4.69, 9.17) is 9.97 Å². The number of aromatic nitrogens is 2. The van der Waals surface area contributed by atoms with Crippen LogP contribution in [0.4, 0.5) is 23.0 Å². The van der Waals surface area contributed by atoms with Gasteiger partial charge in [-0.3, -0.25) is 4.79 Å². The number of benzene rings is 2. The van der Waals surface area contributed by atoms with Crippen molar-refractivity contribution in [1.29, 1.82) is 0 Å². The second kappa shape index (κ2) is 10.3. The molecule has 4 aromatic rings. The van der Waals surface area contributed by atoms with E-state index in [2.05, 4.69) is 10.6 Å². The second-order valence-corrected chi connectivity index (χ2v) is 8.61. The predicted octanol–water partition coefficient (Wildman–Crippen LogP) is 7.06. The summed E-state index contributed by atoms with van der Waals surface area (Å²) in [6.45, 7) is 7.81. The number of ketones is 1. The number of pyridine rings is 2. The van der Waals surface area contributed by atoms with E-state index >= 15 is 0 Å². The minimum atomic E-state index is -0.347. The van der Waals surface area contributed by atoms with Crippen molar-refractivity contribution in [3.63, 3.8) is 0 Å². The van der Waals surface area contributed by atoms with Crippen molar-refractivity contribution in [3.8, 4) is 0 Å². The van der Waals surface area contributed by atoms with Gasteiger partial charge in [0.15, 0.2) is 0 Å². The molecule has 172 valence electrons. The van der Waals surface area contributed by atoms with Crippen molar-refractivity contribution in [2.75, 3.05) is 10.6 Å². The maximum atomic E-state index is 13.7. The highest BCUT2D eigenvalue weighted by Gasteiger charge is 2.27. The smallest absolute Gasteiger partial charge is 0.147 e. The highest BCUT2D eigenvalue weighted by Crippen LogP contribution is 2.34. The quantitative estimate of drug-likeness (QED) is 0.301. The average molecular weight is 451 g/mol. The van der Waals surface area contributed by atoms with Crippen LogP contribution < -0.4 is 10.6 Å². The van der Waals surface area contributed by atoms with Gasteiger partial charge in [0.05, 0.1) is 0 Å². The molecular weight excluding hydrogens is 420 g/mol. The minimum absolute atomic E-state index is 0.114. The lowest BCUT2D eigenvalue weighted by atomic mass is 9.85. The molecule has 2 aromatic heterocycles. The Hall–Kier alpha value is -3.99. The molecule has 5 nitrogen and oxygen atoms in total. The lowest BCUT2D eigenvalue weighted by Gasteiger charge is -2.22. The van der Waals surface area contributed by atoms with Crippen LogP contribution in [0.2, 0.25) is 0 Å². The fraction of sp³-hybridized carbons (Fsp3) is 0.207. The first kappa shape index (κ1) is 23.2. The van der Waals surface area contributed by atoms with Crippen LogP contribution in [0.5, 0.6) is 0 Å². The van der Waals surface area contributed by atoms with Crippen LogP contribution in [0.1, 0.15) is 48.2 Å². The normalized spacial score (nSPS) is 12.6. The third kappa shape index (κ3) is 5.31. The summed E-state index contributed by atoms with van der Waals surface area (Å²) in [6, 6.07) is 27.7. The van der Waals surface area contributed by atoms with E-state index in [1.807, 2.05) is 113 Å². The molecule has 2 atom stereocenters. The summed E-state index contributed by atoms with van der Waals surface area (Å²) in [5.74, 6) is 0.844. The molecule has 0 aliphatic rings. The van der Waals surface area contributed by atoms with E-state index in [0.717, 1.165) is 33.9 Å². The molecule has 0 amide bonds. The van der Waals surface area contributed by atoms with Gasteiger partial charge in [0.25, 0.3) is 0 Å². The first-order chi connectivity index (χ1) is 16.4. The molecule has 0 fully saturated rings. The van der Waals surface area contributed by atoms with Crippen molar-refractivity contribution in [2.45, 2.75) is 39.5 Å². The molecule has 2 heterocycles. The zero-order valence-corrected chi connectivity index (χ0v) is 20.0.